The Bertz CT molecular complexity index is 248. The van der Waals surface area contributed by atoms with Crippen LogP contribution in [0.4, 0.5) is 0 Å². The Morgan fingerprint density at radius 2 is 2.07 bits per heavy atom. The Morgan fingerprint density at radius 1 is 1.50 bits per heavy atom. The fourth-order valence-corrected chi connectivity index (χ4v) is 2.57. The van der Waals surface area contributed by atoms with Gasteiger partial charge in [-0.2, -0.15) is 5.26 Å². The van der Waals surface area contributed by atoms with Crippen molar-refractivity contribution in [2.75, 3.05) is 0 Å². The first-order chi connectivity index (χ1) is 6.32. The quantitative estimate of drug-likeness (QED) is 0.699. The van der Waals surface area contributed by atoms with E-state index >= 15 is 0 Å². The highest BCUT2D eigenvalue weighted by atomic mass is 16.3. The highest BCUT2D eigenvalue weighted by Gasteiger charge is 2.48. The molecule has 3 atom stereocenters. The molecule has 1 aliphatic carbocycles. The summed E-state index contributed by atoms with van der Waals surface area (Å²) in [5.41, 5.74) is -0.683. The molecule has 0 aliphatic heterocycles. The predicted molar refractivity (Wildman–Crippen MR) is 56.5 cm³/mol. The van der Waals surface area contributed by atoms with Crippen LogP contribution in [0.5, 0.6) is 0 Å². The SMILES string of the molecule is CC1CCC(C#N)(C(O)C(C)(C)C)C1. The van der Waals surface area contributed by atoms with Crippen molar-refractivity contribution in [1.82, 2.24) is 0 Å². The molecule has 0 saturated heterocycles. The third-order valence-electron chi connectivity index (χ3n) is 3.36. The van der Waals surface area contributed by atoms with E-state index in [0.717, 1.165) is 19.3 Å². The molecule has 80 valence electrons. The number of rotatable bonds is 1. The summed E-state index contributed by atoms with van der Waals surface area (Å²) in [6.45, 7) is 8.16. The normalized spacial score (nSPS) is 35.3. The molecule has 0 aromatic heterocycles. The second kappa shape index (κ2) is 3.55. The summed E-state index contributed by atoms with van der Waals surface area (Å²) in [7, 11) is 0. The van der Waals surface area contributed by atoms with E-state index in [1.807, 2.05) is 20.8 Å². The van der Waals surface area contributed by atoms with Gasteiger partial charge in [0.1, 0.15) is 0 Å². The minimum atomic E-state index is -0.509. The van der Waals surface area contributed by atoms with E-state index in [4.69, 9.17) is 0 Å². The van der Waals surface area contributed by atoms with Crippen LogP contribution >= 0.6 is 0 Å². The molecule has 1 saturated carbocycles. The van der Waals surface area contributed by atoms with Crippen LogP contribution < -0.4 is 0 Å². The summed E-state index contributed by atoms with van der Waals surface area (Å²) < 4.78 is 0. The third-order valence-corrected chi connectivity index (χ3v) is 3.36. The number of aliphatic hydroxyl groups excluding tert-OH is 1. The second-order valence-corrected chi connectivity index (χ2v) is 5.88. The zero-order valence-electron chi connectivity index (χ0n) is 9.67. The monoisotopic (exact) mass is 195 g/mol. The molecule has 0 aromatic rings. The molecule has 2 nitrogen and oxygen atoms in total. The van der Waals surface area contributed by atoms with Crippen LogP contribution in [-0.2, 0) is 0 Å². The molecule has 1 N–H and O–H groups in total. The number of hydrogen-bond acceptors (Lipinski definition) is 2. The van der Waals surface area contributed by atoms with Gasteiger partial charge in [0.05, 0.1) is 17.6 Å². The van der Waals surface area contributed by atoms with Crippen molar-refractivity contribution < 1.29 is 5.11 Å². The molecule has 0 radical (unpaired) electrons. The summed E-state index contributed by atoms with van der Waals surface area (Å²) in [6, 6.07) is 2.36. The van der Waals surface area contributed by atoms with E-state index in [1.165, 1.54) is 0 Å². The van der Waals surface area contributed by atoms with Crippen LogP contribution in [0.2, 0.25) is 0 Å². The lowest BCUT2D eigenvalue weighted by atomic mass is 9.70. The summed E-state index contributed by atoms with van der Waals surface area (Å²) in [5.74, 6) is 0.576. The number of nitriles is 1. The van der Waals surface area contributed by atoms with E-state index in [-0.39, 0.29) is 5.41 Å². The van der Waals surface area contributed by atoms with Crippen molar-refractivity contribution >= 4 is 0 Å². The predicted octanol–water partition coefficient (Wildman–Crippen LogP) is 2.72. The smallest absolute Gasteiger partial charge is 0.0840 e. The molecule has 0 aromatic carbocycles. The lowest BCUT2D eigenvalue weighted by Gasteiger charge is -2.36. The molecule has 0 spiro atoms. The van der Waals surface area contributed by atoms with Gasteiger partial charge in [-0.25, -0.2) is 0 Å². The van der Waals surface area contributed by atoms with Crippen LogP contribution in [0, 0.1) is 28.1 Å². The second-order valence-electron chi connectivity index (χ2n) is 5.88. The van der Waals surface area contributed by atoms with Gasteiger partial charge in [-0.3, -0.25) is 0 Å². The van der Waals surface area contributed by atoms with Gasteiger partial charge in [0.25, 0.3) is 0 Å². The minimum Gasteiger partial charge on any atom is -0.391 e. The van der Waals surface area contributed by atoms with Gasteiger partial charge >= 0.3 is 0 Å². The molecular formula is C12H21NO. The van der Waals surface area contributed by atoms with Crippen molar-refractivity contribution in [3.8, 4) is 6.07 Å². The van der Waals surface area contributed by atoms with Gasteiger partial charge in [0, 0.05) is 0 Å². The van der Waals surface area contributed by atoms with Crippen molar-refractivity contribution in [2.45, 2.75) is 53.1 Å². The van der Waals surface area contributed by atoms with Crippen molar-refractivity contribution in [3.05, 3.63) is 0 Å². The van der Waals surface area contributed by atoms with E-state index < -0.39 is 11.5 Å². The Balaban J connectivity index is 2.88. The Morgan fingerprint density at radius 3 is 2.36 bits per heavy atom. The van der Waals surface area contributed by atoms with Crippen LogP contribution in [-0.4, -0.2) is 11.2 Å². The van der Waals surface area contributed by atoms with Crippen LogP contribution in [0.15, 0.2) is 0 Å². The van der Waals surface area contributed by atoms with Gasteiger partial charge in [0.15, 0.2) is 0 Å². The van der Waals surface area contributed by atoms with Crippen LogP contribution in [0.1, 0.15) is 47.0 Å². The summed E-state index contributed by atoms with van der Waals surface area (Å²) in [5, 5.41) is 19.5. The molecule has 1 fully saturated rings. The molecule has 0 amide bonds. The Hall–Kier alpha value is -0.550. The number of hydrogen-bond donors (Lipinski definition) is 1. The summed E-state index contributed by atoms with van der Waals surface area (Å²) in [6.07, 6.45) is 2.26. The fourth-order valence-electron chi connectivity index (χ4n) is 2.57. The molecule has 0 heterocycles. The zero-order chi connectivity index (χ0) is 11.0. The lowest BCUT2D eigenvalue weighted by molar-refractivity contribution is -0.0205. The molecular weight excluding hydrogens is 174 g/mol. The molecule has 3 unspecified atom stereocenters. The highest BCUT2D eigenvalue weighted by molar-refractivity contribution is 5.10. The average molecular weight is 195 g/mol. The van der Waals surface area contributed by atoms with E-state index in [2.05, 4.69) is 13.0 Å². The van der Waals surface area contributed by atoms with Gasteiger partial charge in [-0.05, 0) is 30.6 Å². The zero-order valence-corrected chi connectivity index (χ0v) is 9.67. The van der Waals surface area contributed by atoms with E-state index in [1.54, 1.807) is 0 Å². The largest absolute Gasteiger partial charge is 0.391 e. The minimum absolute atomic E-state index is 0.195. The van der Waals surface area contributed by atoms with Crippen molar-refractivity contribution in [2.24, 2.45) is 16.7 Å². The molecule has 0 bridgehead atoms. The van der Waals surface area contributed by atoms with E-state index in [0.29, 0.717) is 5.92 Å². The first-order valence-corrected chi connectivity index (χ1v) is 5.41. The maximum absolute atomic E-state index is 10.2. The van der Waals surface area contributed by atoms with Gasteiger partial charge < -0.3 is 5.11 Å². The molecule has 1 rings (SSSR count). The first kappa shape index (κ1) is 11.5. The fraction of sp³-hybridized carbons (Fsp3) is 0.917. The average Bonchev–Trinajstić information content (AvgIpc) is 2.46. The van der Waals surface area contributed by atoms with Crippen molar-refractivity contribution in [3.63, 3.8) is 0 Å². The van der Waals surface area contributed by atoms with Gasteiger partial charge in [-0.1, -0.05) is 27.7 Å². The maximum Gasteiger partial charge on any atom is 0.0840 e. The number of aliphatic hydroxyl groups is 1. The summed E-state index contributed by atoms with van der Waals surface area (Å²) in [4.78, 5) is 0. The molecule has 1 aliphatic rings. The molecule has 14 heavy (non-hydrogen) atoms. The lowest BCUT2D eigenvalue weighted by Crippen LogP contribution is -2.41. The maximum atomic E-state index is 10.2. The van der Waals surface area contributed by atoms with Crippen molar-refractivity contribution in [1.29, 1.82) is 5.26 Å². The van der Waals surface area contributed by atoms with E-state index in [9.17, 15) is 10.4 Å². The Labute approximate surface area is 86.9 Å². The summed E-state index contributed by atoms with van der Waals surface area (Å²) >= 11 is 0. The highest BCUT2D eigenvalue weighted by Crippen LogP contribution is 2.48. The van der Waals surface area contributed by atoms with Crippen LogP contribution in [0.3, 0.4) is 0 Å². The first-order valence-electron chi connectivity index (χ1n) is 5.41. The Kier molecular flexibility index (Phi) is 2.92. The van der Waals surface area contributed by atoms with Crippen LogP contribution in [0.25, 0.3) is 0 Å². The topological polar surface area (TPSA) is 44.0 Å². The van der Waals surface area contributed by atoms with Gasteiger partial charge in [0.2, 0.25) is 0 Å². The standard InChI is InChI=1S/C12H21NO/c1-9-5-6-12(7-9,8-13)10(14)11(2,3)4/h9-10,14H,5-7H2,1-4H3. The number of nitrogens with zero attached hydrogens (tertiary/aromatic N) is 1. The van der Waals surface area contributed by atoms with Gasteiger partial charge in [-0.15, -0.1) is 0 Å². The molecule has 2 heteroatoms. The third kappa shape index (κ3) is 1.93.